The molecule has 0 spiro atoms. The van der Waals surface area contributed by atoms with Crippen molar-refractivity contribution in [3.63, 3.8) is 0 Å². The molecule has 5 nitrogen and oxygen atoms in total. The Morgan fingerprint density at radius 2 is 1.05 bits per heavy atom. The monoisotopic (exact) mass is 551 g/mol. The lowest BCUT2D eigenvalue weighted by atomic mass is 10.0. The Hall–Kier alpha value is -5.26. The zero-order chi connectivity index (χ0) is 27.8. The fourth-order valence-corrected chi connectivity index (χ4v) is 5.41. The summed E-state index contributed by atoms with van der Waals surface area (Å²) in [5.74, 6) is 0.645. The smallest absolute Gasteiger partial charge is 0.267 e. The molecule has 0 atom stereocenters. The first-order valence-electron chi connectivity index (χ1n) is 13.3. The van der Waals surface area contributed by atoms with Crippen LogP contribution in [0.15, 0.2) is 150 Å². The second-order valence-corrected chi connectivity index (χ2v) is 10.1. The molecular formula is C35H24ClN4O+. The zero-order valence-corrected chi connectivity index (χ0v) is 22.7. The van der Waals surface area contributed by atoms with Crippen molar-refractivity contribution in [3.8, 4) is 45.3 Å². The topological polar surface area (TPSA) is 43.2 Å². The van der Waals surface area contributed by atoms with E-state index in [1.165, 1.54) is 0 Å². The van der Waals surface area contributed by atoms with Crippen LogP contribution in [-0.4, -0.2) is 14.2 Å². The second-order valence-electron chi connectivity index (χ2n) is 9.64. The number of benzene rings is 5. The Morgan fingerprint density at radius 1 is 0.561 bits per heavy atom. The Kier molecular flexibility index (Phi) is 6.26. The average molecular weight is 552 g/mol. The van der Waals surface area contributed by atoms with Gasteiger partial charge in [-0.15, -0.1) is 0 Å². The van der Waals surface area contributed by atoms with E-state index in [2.05, 4.69) is 12.1 Å². The maximum Gasteiger partial charge on any atom is 0.338 e. The molecule has 7 rings (SSSR count). The van der Waals surface area contributed by atoms with Gasteiger partial charge in [-0.25, -0.2) is 0 Å². The molecule has 7 aromatic rings. The summed E-state index contributed by atoms with van der Waals surface area (Å²) in [4.78, 5) is 14.9. The van der Waals surface area contributed by atoms with Crippen molar-refractivity contribution in [1.82, 2.24) is 14.2 Å². The summed E-state index contributed by atoms with van der Waals surface area (Å²) in [5.41, 5.74) is 6.05. The largest absolute Gasteiger partial charge is 0.338 e. The fourth-order valence-electron chi connectivity index (χ4n) is 5.28. The van der Waals surface area contributed by atoms with E-state index < -0.39 is 0 Å². The molecule has 0 amide bonds. The molecule has 2 heterocycles. The third-order valence-corrected chi connectivity index (χ3v) is 7.35. The van der Waals surface area contributed by atoms with Gasteiger partial charge in [-0.3, -0.25) is 9.36 Å². The van der Waals surface area contributed by atoms with Gasteiger partial charge in [0, 0.05) is 21.8 Å². The summed E-state index contributed by atoms with van der Waals surface area (Å²) in [6, 6.07) is 47.3. The Morgan fingerprint density at radius 3 is 1.61 bits per heavy atom. The van der Waals surface area contributed by atoms with Gasteiger partial charge in [0.2, 0.25) is 0 Å². The molecule has 0 fully saturated rings. The summed E-state index contributed by atoms with van der Waals surface area (Å²) >= 11 is 6.28. The third kappa shape index (κ3) is 4.33. The molecule has 0 bridgehead atoms. The number of rotatable bonds is 5. The van der Waals surface area contributed by atoms with E-state index in [1.54, 1.807) is 9.08 Å². The van der Waals surface area contributed by atoms with Crippen LogP contribution >= 0.6 is 11.6 Å². The van der Waals surface area contributed by atoms with Crippen LogP contribution in [0.4, 0.5) is 0 Å². The zero-order valence-electron chi connectivity index (χ0n) is 21.9. The first-order valence-corrected chi connectivity index (χ1v) is 13.7. The van der Waals surface area contributed by atoms with Gasteiger partial charge >= 0.3 is 17.0 Å². The normalized spacial score (nSPS) is 11.1. The van der Waals surface area contributed by atoms with E-state index in [0.717, 1.165) is 39.5 Å². The quantitative estimate of drug-likeness (QED) is 0.209. The van der Waals surface area contributed by atoms with Gasteiger partial charge < -0.3 is 0 Å². The van der Waals surface area contributed by atoms with Crippen LogP contribution in [0, 0.1) is 0 Å². The highest BCUT2D eigenvalue weighted by atomic mass is 35.5. The SMILES string of the molecule is O=c1c2n(nc(-c3ccccc3)[n+]2-c2ccc(Cl)cc2)c(-c2ccccc2)c(-c2ccccc2)n1-c1ccccc1. The molecule has 0 saturated carbocycles. The minimum atomic E-state index is -0.195. The number of fused-ring (bicyclic) bond motifs is 1. The summed E-state index contributed by atoms with van der Waals surface area (Å²) in [5, 5.41) is 5.79. The predicted molar refractivity (Wildman–Crippen MR) is 164 cm³/mol. The number of hydrogen-bond acceptors (Lipinski definition) is 2. The van der Waals surface area contributed by atoms with Gasteiger partial charge in [0.15, 0.2) is 5.69 Å². The molecule has 6 heteroatoms. The van der Waals surface area contributed by atoms with Crippen LogP contribution in [0.2, 0.25) is 5.02 Å². The standard InChI is InChI=1S/C35H24ClN4O/c36-28-21-23-30(24-22-28)39-33(27-17-9-3-10-18-27)37-40-32(26-15-7-2-8-16-26)31(25-13-5-1-6-14-25)38(35(41)34(39)40)29-19-11-4-12-20-29/h1-24H/q+1. The van der Waals surface area contributed by atoms with Crippen molar-refractivity contribution >= 4 is 17.2 Å². The van der Waals surface area contributed by atoms with Crippen LogP contribution in [0.1, 0.15) is 0 Å². The molecule has 0 aliphatic heterocycles. The lowest BCUT2D eigenvalue weighted by molar-refractivity contribution is -0.557. The summed E-state index contributed by atoms with van der Waals surface area (Å²) in [6.07, 6.45) is 0. The van der Waals surface area contributed by atoms with E-state index >= 15 is 0 Å². The molecule has 2 aromatic heterocycles. The summed E-state index contributed by atoms with van der Waals surface area (Å²) < 4.78 is 5.53. The maximum absolute atomic E-state index is 14.9. The van der Waals surface area contributed by atoms with Crippen LogP contribution in [0.3, 0.4) is 0 Å². The maximum atomic E-state index is 14.9. The van der Waals surface area contributed by atoms with Gasteiger partial charge in [0.05, 0.1) is 16.4 Å². The molecule has 41 heavy (non-hydrogen) atoms. The highest BCUT2D eigenvalue weighted by Crippen LogP contribution is 2.34. The van der Waals surface area contributed by atoms with Crippen molar-refractivity contribution in [2.45, 2.75) is 0 Å². The lowest BCUT2D eigenvalue weighted by Crippen LogP contribution is -2.39. The molecule has 0 unspecified atom stereocenters. The first kappa shape index (κ1) is 24.8. The lowest BCUT2D eigenvalue weighted by Gasteiger charge is -2.16. The molecule has 0 aliphatic rings. The second kappa shape index (κ2) is 10.4. The first-order chi connectivity index (χ1) is 20.2. The van der Waals surface area contributed by atoms with Crippen LogP contribution in [0.25, 0.3) is 50.9 Å². The van der Waals surface area contributed by atoms with Crippen molar-refractivity contribution in [3.05, 3.63) is 161 Å². The molecule has 0 saturated heterocycles. The molecule has 196 valence electrons. The molecular weight excluding hydrogens is 528 g/mol. The van der Waals surface area contributed by atoms with E-state index in [-0.39, 0.29) is 5.56 Å². The number of hydrogen-bond donors (Lipinski definition) is 0. The van der Waals surface area contributed by atoms with E-state index in [9.17, 15) is 4.79 Å². The molecule has 5 aromatic carbocycles. The highest BCUT2D eigenvalue weighted by Gasteiger charge is 2.33. The third-order valence-electron chi connectivity index (χ3n) is 7.10. The highest BCUT2D eigenvalue weighted by molar-refractivity contribution is 6.30. The molecule has 0 N–H and O–H groups in total. The van der Waals surface area contributed by atoms with E-state index in [1.807, 2.05) is 138 Å². The van der Waals surface area contributed by atoms with E-state index in [0.29, 0.717) is 16.5 Å². The van der Waals surface area contributed by atoms with Crippen molar-refractivity contribution in [2.75, 3.05) is 0 Å². The average Bonchev–Trinajstić information content (AvgIpc) is 3.44. The van der Waals surface area contributed by atoms with Crippen LogP contribution in [-0.2, 0) is 0 Å². The number of nitrogens with zero attached hydrogens (tertiary/aromatic N) is 4. The number of para-hydroxylation sites is 1. The van der Waals surface area contributed by atoms with Crippen LogP contribution < -0.4 is 10.1 Å². The van der Waals surface area contributed by atoms with Gasteiger partial charge in [0.1, 0.15) is 5.69 Å². The van der Waals surface area contributed by atoms with Gasteiger partial charge in [0.25, 0.3) is 0 Å². The Labute approximate surface area is 241 Å². The Balaban J connectivity index is 1.74. The van der Waals surface area contributed by atoms with Gasteiger partial charge in [-0.05, 0) is 48.5 Å². The number of aromatic nitrogens is 4. The minimum Gasteiger partial charge on any atom is -0.267 e. The molecule has 0 aliphatic carbocycles. The van der Waals surface area contributed by atoms with Gasteiger partial charge in [-0.2, -0.15) is 4.57 Å². The molecule has 0 radical (unpaired) electrons. The van der Waals surface area contributed by atoms with Crippen molar-refractivity contribution < 1.29 is 4.57 Å². The fraction of sp³-hybridized carbons (Fsp3) is 0. The van der Waals surface area contributed by atoms with Gasteiger partial charge in [-0.1, -0.05) is 113 Å². The predicted octanol–water partition coefficient (Wildman–Crippen LogP) is 7.42. The van der Waals surface area contributed by atoms with E-state index in [4.69, 9.17) is 16.7 Å². The van der Waals surface area contributed by atoms with Crippen LogP contribution in [0.5, 0.6) is 0 Å². The summed E-state index contributed by atoms with van der Waals surface area (Å²) in [6.45, 7) is 0. The summed E-state index contributed by atoms with van der Waals surface area (Å²) in [7, 11) is 0. The Bertz CT molecular complexity index is 2040. The van der Waals surface area contributed by atoms with Crippen molar-refractivity contribution in [2.24, 2.45) is 0 Å². The number of halogens is 1. The van der Waals surface area contributed by atoms with Crippen molar-refractivity contribution in [1.29, 1.82) is 0 Å². The minimum absolute atomic E-state index is 0.195.